The Morgan fingerprint density at radius 2 is 1.90 bits per heavy atom. The second-order valence-electron chi connectivity index (χ2n) is 8.07. The van der Waals surface area contributed by atoms with Gasteiger partial charge in [0.05, 0.1) is 37.9 Å². The van der Waals surface area contributed by atoms with Crippen molar-refractivity contribution in [1.29, 1.82) is 5.26 Å². The summed E-state index contributed by atoms with van der Waals surface area (Å²) >= 11 is 0. The molecule has 16 heteroatoms. The van der Waals surface area contributed by atoms with Crippen molar-refractivity contribution < 1.29 is 40.6 Å². The summed E-state index contributed by atoms with van der Waals surface area (Å²) in [5.41, 5.74) is -0.196. The molecule has 210 valence electrons. The van der Waals surface area contributed by atoms with Gasteiger partial charge in [0.15, 0.2) is 11.7 Å². The fraction of sp³-hybridized carbons (Fsp3) is 0.435. The molecule has 0 radical (unpaired) electrons. The largest absolute Gasteiger partial charge is 0.494 e. The molecule has 0 aromatic carbocycles. The number of nitriles is 1. The molecule has 1 N–H and O–H groups in total. The van der Waals surface area contributed by atoms with Crippen LogP contribution in [-0.2, 0) is 0 Å². The van der Waals surface area contributed by atoms with Gasteiger partial charge in [-0.2, -0.15) is 31.6 Å². The normalized spacial score (nSPS) is 13.4. The highest BCUT2D eigenvalue weighted by atomic mass is 19.4. The third-order valence-corrected chi connectivity index (χ3v) is 5.66. The Morgan fingerprint density at radius 1 is 1.18 bits per heavy atom. The summed E-state index contributed by atoms with van der Waals surface area (Å²) in [5.74, 6) is 0.102. The maximum absolute atomic E-state index is 14.4. The zero-order valence-electron chi connectivity index (χ0n) is 20.8. The lowest BCUT2D eigenvalue weighted by atomic mass is 10.1. The Kier molecular flexibility index (Phi) is 8.72. The molecule has 0 unspecified atom stereocenters. The quantitative estimate of drug-likeness (QED) is 0.379. The average molecular weight is 559 g/mol. The highest BCUT2D eigenvalue weighted by Crippen LogP contribution is 2.40. The van der Waals surface area contributed by atoms with Crippen molar-refractivity contribution in [3.63, 3.8) is 0 Å². The number of methoxy groups -OCH3 is 2. The summed E-state index contributed by atoms with van der Waals surface area (Å²) in [6.07, 6.45) is -6.04. The van der Waals surface area contributed by atoms with Crippen LogP contribution in [-0.4, -0.2) is 69.4 Å². The van der Waals surface area contributed by atoms with Crippen LogP contribution in [0.4, 0.5) is 31.1 Å². The van der Waals surface area contributed by atoms with Gasteiger partial charge in [-0.25, -0.2) is 14.8 Å². The first-order valence-corrected chi connectivity index (χ1v) is 11.3. The number of nitrogens with one attached hydrogen (secondary N) is 1. The highest BCUT2D eigenvalue weighted by Gasteiger charge is 2.49. The lowest BCUT2D eigenvalue weighted by Gasteiger charge is -2.33. The summed E-state index contributed by atoms with van der Waals surface area (Å²) in [4.78, 5) is 25.2. The molecule has 3 aromatic rings. The lowest BCUT2D eigenvalue weighted by Crippen LogP contribution is -2.53. The first-order valence-electron chi connectivity index (χ1n) is 11.3. The molecule has 10 nitrogen and oxygen atoms in total. The summed E-state index contributed by atoms with van der Waals surface area (Å²) < 4.78 is 95.3. The molecular weight excluding hydrogens is 536 g/mol. The number of pyridine rings is 1. The van der Waals surface area contributed by atoms with Gasteiger partial charge < -0.3 is 24.1 Å². The number of carbonyl (C=O) groups excluding carboxylic acids is 1. The number of fused-ring (bicyclic) bond motifs is 1. The van der Waals surface area contributed by atoms with E-state index >= 15 is 0 Å². The Morgan fingerprint density at radius 3 is 2.46 bits per heavy atom. The summed E-state index contributed by atoms with van der Waals surface area (Å²) in [6.45, 7) is 0.564. The van der Waals surface area contributed by atoms with Crippen molar-refractivity contribution in [2.45, 2.75) is 44.2 Å². The summed E-state index contributed by atoms with van der Waals surface area (Å²) in [5, 5.41) is 10.2. The number of nitrogens with zero attached hydrogens (tertiary/aromatic N) is 6. The van der Waals surface area contributed by atoms with Gasteiger partial charge in [-0.15, -0.1) is 0 Å². The van der Waals surface area contributed by atoms with E-state index in [0.29, 0.717) is 5.65 Å². The van der Waals surface area contributed by atoms with Crippen LogP contribution in [0.25, 0.3) is 16.9 Å². The Labute approximate surface area is 218 Å². The Bertz CT molecular complexity index is 1350. The Balaban J connectivity index is 2.09. The van der Waals surface area contributed by atoms with E-state index in [1.165, 1.54) is 44.0 Å². The number of halogens is 6. The van der Waals surface area contributed by atoms with Crippen LogP contribution in [0.5, 0.6) is 11.6 Å². The molecule has 0 bridgehead atoms. The van der Waals surface area contributed by atoms with Crippen molar-refractivity contribution >= 4 is 11.7 Å². The maximum atomic E-state index is 14.4. The molecule has 3 aromatic heterocycles. The van der Waals surface area contributed by atoms with E-state index in [2.05, 4.69) is 15.0 Å². The fourth-order valence-electron chi connectivity index (χ4n) is 3.85. The molecule has 0 aliphatic heterocycles. The molecule has 39 heavy (non-hydrogen) atoms. The van der Waals surface area contributed by atoms with E-state index in [9.17, 15) is 31.1 Å². The number of amides is 2. The molecule has 0 saturated carbocycles. The van der Waals surface area contributed by atoms with Gasteiger partial charge in [-0.3, -0.25) is 4.98 Å². The molecule has 0 aliphatic carbocycles. The number of rotatable bonds is 9. The van der Waals surface area contributed by atoms with Gasteiger partial charge in [0.2, 0.25) is 0 Å². The number of aromatic nitrogens is 4. The summed E-state index contributed by atoms with van der Waals surface area (Å²) in [6, 6.07) is -4.36. The molecule has 0 spiro atoms. The van der Waals surface area contributed by atoms with Crippen molar-refractivity contribution in [3.05, 3.63) is 36.5 Å². The lowest BCUT2D eigenvalue weighted by molar-refractivity contribution is -0.180. The molecule has 3 rings (SSSR count). The number of carbonyl (C=O) groups is 1. The standard InChI is InChI=1S/C23H23F6N7O3/c1-4-36(21(37)34-17(6-5-7-30)22(24,25)26)18(23(27,28)29)14-10-13(16(38-2)11-32-14)15-12-35-9-8-31-19(35)20(33-15)39-3/h8-12,17-18H,4-6H2,1-3H3,(H,34,37)/t17-,18-/m0/s1. The minimum Gasteiger partial charge on any atom is -0.494 e. The predicted octanol–water partition coefficient (Wildman–Crippen LogP) is 4.68. The van der Waals surface area contributed by atoms with Crippen molar-refractivity contribution in [1.82, 2.24) is 29.6 Å². The number of hydrogen-bond acceptors (Lipinski definition) is 7. The number of ether oxygens (including phenoxy) is 2. The van der Waals surface area contributed by atoms with Crippen LogP contribution in [0.15, 0.2) is 30.9 Å². The Hall–Kier alpha value is -4.29. The molecule has 3 heterocycles. The maximum Gasteiger partial charge on any atom is 0.414 e. The number of alkyl halides is 6. The first-order chi connectivity index (χ1) is 18.3. The van der Waals surface area contributed by atoms with E-state index in [4.69, 9.17) is 14.7 Å². The van der Waals surface area contributed by atoms with Gasteiger partial charge >= 0.3 is 18.4 Å². The van der Waals surface area contributed by atoms with Crippen molar-refractivity contribution in [2.75, 3.05) is 20.8 Å². The van der Waals surface area contributed by atoms with Gasteiger partial charge in [0.25, 0.3) is 5.88 Å². The zero-order valence-corrected chi connectivity index (χ0v) is 20.8. The summed E-state index contributed by atoms with van der Waals surface area (Å²) in [7, 11) is 2.59. The van der Waals surface area contributed by atoms with Crippen LogP contribution in [0.3, 0.4) is 0 Å². The molecule has 2 amide bonds. The van der Waals surface area contributed by atoms with Crippen molar-refractivity contribution in [3.8, 4) is 29.0 Å². The molecular formula is C23H23F6N7O3. The van der Waals surface area contributed by atoms with Crippen molar-refractivity contribution in [2.24, 2.45) is 0 Å². The van der Waals surface area contributed by atoms with Crippen LogP contribution in [0.1, 0.15) is 31.5 Å². The highest BCUT2D eigenvalue weighted by molar-refractivity contribution is 5.76. The molecule has 2 atom stereocenters. The molecule has 0 aliphatic rings. The van der Waals surface area contributed by atoms with Gasteiger partial charge in [-0.1, -0.05) is 0 Å². The van der Waals surface area contributed by atoms with E-state index in [1.54, 1.807) is 11.5 Å². The van der Waals surface area contributed by atoms with Gasteiger partial charge in [0, 0.05) is 37.1 Å². The number of urea groups is 1. The second kappa shape index (κ2) is 11.6. The van der Waals surface area contributed by atoms with Crippen LogP contribution in [0, 0.1) is 11.3 Å². The molecule has 0 fully saturated rings. The first kappa shape index (κ1) is 29.3. The number of hydrogen-bond donors (Lipinski definition) is 1. The van der Waals surface area contributed by atoms with Crippen LogP contribution in [0.2, 0.25) is 0 Å². The van der Waals surface area contributed by atoms with Crippen LogP contribution >= 0.6 is 0 Å². The number of imidazole rings is 1. The third-order valence-electron chi connectivity index (χ3n) is 5.66. The third kappa shape index (κ3) is 6.41. The van der Waals surface area contributed by atoms with E-state index in [-0.39, 0.29) is 27.8 Å². The predicted molar refractivity (Wildman–Crippen MR) is 124 cm³/mol. The smallest absolute Gasteiger partial charge is 0.414 e. The fourth-order valence-corrected chi connectivity index (χ4v) is 3.85. The zero-order chi connectivity index (χ0) is 29.0. The minimum atomic E-state index is -5.13. The van der Waals surface area contributed by atoms with E-state index < -0.39 is 55.5 Å². The SMILES string of the molecule is CCN(C(=O)N[C@@H](CCC#N)C(F)(F)F)[C@@H](c1cc(-c2cn3ccnc3c(OC)n2)c(OC)cn1)C(F)(F)F. The van der Waals surface area contributed by atoms with Gasteiger partial charge in [-0.05, 0) is 19.4 Å². The van der Waals surface area contributed by atoms with E-state index in [0.717, 1.165) is 12.3 Å². The average Bonchev–Trinajstić information content (AvgIpc) is 3.36. The second-order valence-corrected chi connectivity index (χ2v) is 8.07. The topological polar surface area (TPSA) is 118 Å². The molecule has 0 saturated heterocycles. The minimum absolute atomic E-state index is 0.0369. The van der Waals surface area contributed by atoms with Crippen LogP contribution < -0.4 is 14.8 Å². The van der Waals surface area contributed by atoms with Gasteiger partial charge in [0.1, 0.15) is 11.8 Å². The van der Waals surface area contributed by atoms with E-state index in [1.807, 2.05) is 0 Å². The monoisotopic (exact) mass is 559 g/mol.